The highest BCUT2D eigenvalue weighted by molar-refractivity contribution is 7.18. The SMILES string of the molecule is CC(C)C(NC(=O)c1ccc(F)cc1)C(=O)NCc1nc2ccccc2s1. The quantitative estimate of drug-likeness (QED) is 0.682. The van der Waals surface area contributed by atoms with E-state index in [0.29, 0.717) is 12.1 Å². The Bertz CT molecular complexity index is 920. The van der Waals surface area contributed by atoms with Gasteiger partial charge in [-0.1, -0.05) is 26.0 Å². The molecule has 0 bridgehead atoms. The van der Waals surface area contributed by atoms with Gasteiger partial charge in [-0.2, -0.15) is 0 Å². The van der Waals surface area contributed by atoms with E-state index in [1.54, 1.807) is 0 Å². The lowest BCUT2D eigenvalue weighted by Gasteiger charge is -2.21. The number of para-hydroxylation sites is 1. The Morgan fingerprint density at radius 1 is 1.11 bits per heavy atom. The highest BCUT2D eigenvalue weighted by Gasteiger charge is 2.24. The minimum absolute atomic E-state index is 0.107. The number of fused-ring (bicyclic) bond motifs is 1. The van der Waals surface area contributed by atoms with Gasteiger partial charge in [-0.3, -0.25) is 9.59 Å². The second-order valence-corrected chi connectivity index (χ2v) is 7.61. The van der Waals surface area contributed by atoms with Crippen molar-refractivity contribution in [1.29, 1.82) is 0 Å². The number of nitrogens with one attached hydrogen (secondary N) is 2. The number of nitrogens with zero attached hydrogens (tertiary/aromatic N) is 1. The molecule has 2 amide bonds. The minimum Gasteiger partial charge on any atom is -0.348 e. The van der Waals surface area contributed by atoms with Crippen molar-refractivity contribution < 1.29 is 14.0 Å². The van der Waals surface area contributed by atoms with Gasteiger partial charge in [0.05, 0.1) is 16.8 Å². The third-order valence-electron chi connectivity index (χ3n) is 4.09. The summed E-state index contributed by atoms with van der Waals surface area (Å²) in [4.78, 5) is 29.4. The molecule has 0 aliphatic rings. The fourth-order valence-electron chi connectivity index (χ4n) is 2.63. The molecule has 0 spiro atoms. The number of rotatable bonds is 6. The summed E-state index contributed by atoms with van der Waals surface area (Å²) in [5.74, 6) is -1.21. The predicted molar refractivity (Wildman–Crippen MR) is 104 cm³/mol. The molecule has 0 radical (unpaired) electrons. The maximum absolute atomic E-state index is 13.0. The first-order chi connectivity index (χ1) is 12.9. The molecule has 140 valence electrons. The molecule has 0 saturated heterocycles. The molecular weight excluding hydrogens is 365 g/mol. The van der Waals surface area contributed by atoms with Crippen molar-refractivity contribution in [3.8, 4) is 0 Å². The van der Waals surface area contributed by atoms with Crippen LogP contribution in [-0.2, 0) is 11.3 Å². The lowest BCUT2D eigenvalue weighted by Crippen LogP contribution is -2.49. The molecule has 5 nitrogen and oxygen atoms in total. The molecule has 3 aromatic rings. The molecule has 2 N–H and O–H groups in total. The second-order valence-electron chi connectivity index (χ2n) is 6.50. The molecule has 0 aliphatic heterocycles. The standard InChI is InChI=1S/C20H20FN3O2S/c1-12(2)18(24-19(25)13-7-9-14(21)10-8-13)20(26)22-11-17-23-15-5-3-4-6-16(15)27-17/h3-10,12,18H,11H2,1-2H3,(H,22,26)(H,24,25). The molecule has 0 aliphatic carbocycles. The highest BCUT2D eigenvalue weighted by Crippen LogP contribution is 2.21. The number of carbonyl (C=O) groups is 2. The van der Waals surface area contributed by atoms with Gasteiger partial charge in [0.15, 0.2) is 0 Å². The lowest BCUT2D eigenvalue weighted by molar-refractivity contribution is -0.124. The lowest BCUT2D eigenvalue weighted by atomic mass is 10.0. The first kappa shape index (κ1) is 19.0. The fourth-order valence-corrected chi connectivity index (χ4v) is 3.54. The van der Waals surface area contributed by atoms with Crippen LogP contribution >= 0.6 is 11.3 Å². The molecule has 1 aromatic heterocycles. The molecule has 1 atom stereocenters. The van der Waals surface area contributed by atoms with Crippen LogP contribution in [0.5, 0.6) is 0 Å². The van der Waals surface area contributed by atoms with Crippen molar-refractivity contribution in [2.45, 2.75) is 26.4 Å². The van der Waals surface area contributed by atoms with Gasteiger partial charge >= 0.3 is 0 Å². The monoisotopic (exact) mass is 385 g/mol. The van der Waals surface area contributed by atoms with E-state index < -0.39 is 17.8 Å². The number of halogens is 1. The number of carbonyl (C=O) groups excluding carboxylic acids is 2. The van der Waals surface area contributed by atoms with Crippen molar-refractivity contribution in [2.75, 3.05) is 0 Å². The topological polar surface area (TPSA) is 71.1 Å². The van der Waals surface area contributed by atoms with E-state index in [1.807, 2.05) is 38.1 Å². The third kappa shape index (κ3) is 4.68. The normalized spacial score (nSPS) is 12.1. The van der Waals surface area contributed by atoms with E-state index >= 15 is 0 Å². The van der Waals surface area contributed by atoms with Gasteiger partial charge < -0.3 is 10.6 Å². The zero-order chi connectivity index (χ0) is 19.4. The fraction of sp³-hybridized carbons (Fsp3) is 0.250. The molecule has 1 unspecified atom stereocenters. The Labute approximate surface area is 160 Å². The van der Waals surface area contributed by atoms with Crippen molar-refractivity contribution in [1.82, 2.24) is 15.6 Å². The van der Waals surface area contributed by atoms with Crippen molar-refractivity contribution >= 4 is 33.4 Å². The van der Waals surface area contributed by atoms with Gasteiger partial charge in [-0.25, -0.2) is 9.37 Å². The van der Waals surface area contributed by atoms with Gasteiger partial charge in [0, 0.05) is 5.56 Å². The van der Waals surface area contributed by atoms with Crippen LogP contribution in [0.1, 0.15) is 29.2 Å². The van der Waals surface area contributed by atoms with Crippen LogP contribution in [0.15, 0.2) is 48.5 Å². The number of amides is 2. The summed E-state index contributed by atoms with van der Waals surface area (Å²) >= 11 is 1.52. The summed E-state index contributed by atoms with van der Waals surface area (Å²) in [7, 11) is 0. The molecule has 1 heterocycles. The van der Waals surface area contributed by atoms with Crippen molar-refractivity contribution in [3.63, 3.8) is 0 Å². The number of benzene rings is 2. The number of thiazole rings is 1. The van der Waals surface area contributed by atoms with E-state index in [0.717, 1.165) is 15.2 Å². The third-order valence-corrected chi connectivity index (χ3v) is 5.13. The van der Waals surface area contributed by atoms with E-state index in [2.05, 4.69) is 15.6 Å². The van der Waals surface area contributed by atoms with E-state index in [4.69, 9.17) is 0 Å². The molecule has 2 aromatic carbocycles. The molecule has 0 fully saturated rings. The van der Waals surface area contributed by atoms with Gasteiger partial charge in [-0.05, 0) is 42.3 Å². The van der Waals surface area contributed by atoms with Gasteiger partial charge in [-0.15, -0.1) is 11.3 Å². The van der Waals surface area contributed by atoms with Crippen LogP contribution in [0.4, 0.5) is 4.39 Å². The zero-order valence-corrected chi connectivity index (χ0v) is 15.8. The Kier molecular flexibility index (Phi) is 5.81. The van der Waals surface area contributed by atoms with E-state index in [-0.39, 0.29) is 11.8 Å². The predicted octanol–water partition coefficient (Wildman–Crippen LogP) is 3.51. The molecule has 3 rings (SSSR count). The van der Waals surface area contributed by atoms with Crippen molar-refractivity contribution in [2.24, 2.45) is 5.92 Å². The largest absolute Gasteiger partial charge is 0.348 e. The Hall–Kier alpha value is -2.80. The Morgan fingerprint density at radius 3 is 2.48 bits per heavy atom. The summed E-state index contributed by atoms with van der Waals surface area (Å²) in [6, 6.07) is 12.3. The maximum atomic E-state index is 13.0. The first-order valence-electron chi connectivity index (χ1n) is 8.62. The molecule has 0 saturated carbocycles. The average Bonchev–Trinajstić information content (AvgIpc) is 3.07. The summed E-state index contributed by atoms with van der Waals surface area (Å²) < 4.78 is 14.1. The summed E-state index contributed by atoms with van der Waals surface area (Å²) in [6.45, 7) is 4.01. The summed E-state index contributed by atoms with van der Waals surface area (Å²) in [5.41, 5.74) is 1.21. The highest BCUT2D eigenvalue weighted by atomic mass is 32.1. The molecule has 27 heavy (non-hydrogen) atoms. The average molecular weight is 385 g/mol. The van der Waals surface area contributed by atoms with Crippen LogP contribution in [0.25, 0.3) is 10.2 Å². The Morgan fingerprint density at radius 2 is 1.81 bits per heavy atom. The molecular formula is C20H20FN3O2S. The number of hydrogen-bond acceptors (Lipinski definition) is 4. The van der Waals surface area contributed by atoms with Crippen LogP contribution in [0.2, 0.25) is 0 Å². The minimum atomic E-state index is -0.697. The van der Waals surface area contributed by atoms with Crippen LogP contribution in [-0.4, -0.2) is 22.8 Å². The summed E-state index contributed by atoms with van der Waals surface area (Å²) in [6.07, 6.45) is 0. The van der Waals surface area contributed by atoms with Crippen molar-refractivity contribution in [3.05, 3.63) is 64.9 Å². The van der Waals surface area contributed by atoms with Crippen LogP contribution in [0.3, 0.4) is 0 Å². The van der Waals surface area contributed by atoms with E-state index in [9.17, 15) is 14.0 Å². The van der Waals surface area contributed by atoms with Crippen LogP contribution in [0, 0.1) is 11.7 Å². The maximum Gasteiger partial charge on any atom is 0.251 e. The number of hydrogen-bond donors (Lipinski definition) is 2. The Balaban J connectivity index is 1.64. The molecule has 7 heteroatoms. The first-order valence-corrected chi connectivity index (χ1v) is 9.44. The van der Waals surface area contributed by atoms with Gasteiger partial charge in [0.2, 0.25) is 5.91 Å². The zero-order valence-electron chi connectivity index (χ0n) is 15.0. The van der Waals surface area contributed by atoms with Gasteiger partial charge in [0.25, 0.3) is 5.91 Å². The van der Waals surface area contributed by atoms with E-state index in [1.165, 1.54) is 35.6 Å². The second kappa shape index (κ2) is 8.26. The summed E-state index contributed by atoms with van der Waals surface area (Å²) in [5, 5.41) is 6.37. The smallest absolute Gasteiger partial charge is 0.251 e. The number of aromatic nitrogens is 1. The van der Waals surface area contributed by atoms with Crippen LogP contribution < -0.4 is 10.6 Å². The van der Waals surface area contributed by atoms with Gasteiger partial charge in [0.1, 0.15) is 16.9 Å².